The summed E-state index contributed by atoms with van der Waals surface area (Å²) in [5.41, 5.74) is 5.72. The van der Waals surface area contributed by atoms with Gasteiger partial charge in [-0.2, -0.15) is 11.8 Å². The largest absolute Gasteiger partial charge is 0.307 e. The number of thioether (sulfide) groups is 1. The summed E-state index contributed by atoms with van der Waals surface area (Å²) in [6.07, 6.45) is 2.70. The molecule has 1 aromatic carbocycles. The van der Waals surface area contributed by atoms with E-state index >= 15 is 0 Å². The molecule has 2 unspecified atom stereocenters. The molecule has 0 spiro atoms. The van der Waals surface area contributed by atoms with Gasteiger partial charge >= 0.3 is 0 Å². The Balaban J connectivity index is 2.10. The van der Waals surface area contributed by atoms with Crippen molar-refractivity contribution in [3.63, 3.8) is 0 Å². The average Bonchev–Trinajstić information content (AvgIpc) is 2.28. The number of nitrogens with one attached hydrogen (secondary N) is 1. The molecule has 2 heteroatoms. The first-order valence-corrected chi connectivity index (χ1v) is 8.15. The molecular weight excluding hydrogens is 238 g/mol. The Hall–Kier alpha value is -0.470. The third kappa shape index (κ3) is 3.30. The van der Waals surface area contributed by atoms with Crippen molar-refractivity contribution in [1.29, 1.82) is 0 Å². The lowest BCUT2D eigenvalue weighted by molar-refractivity contribution is 0.450. The lowest BCUT2D eigenvalue weighted by Crippen LogP contribution is -2.36. The molecule has 0 aromatic heterocycles. The molecule has 1 saturated heterocycles. The van der Waals surface area contributed by atoms with Gasteiger partial charge in [-0.3, -0.25) is 0 Å². The molecule has 1 fully saturated rings. The molecule has 0 amide bonds. The van der Waals surface area contributed by atoms with Gasteiger partial charge in [0.2, 0.25) is 0 Å². The molecule has 1 aliphatic rings. The van der Waals surface area contributed by atoms with E-state index in [-0.39, 0.29) is 0 Å². The van der Waals surface area contributed by atoms with Crippen LogP contribution in [0, 0.1) is 20.8 Å². The van der Waals surface area contributed by atoms with Crippen LogP contribution in [0.2, 0.25) is 0 Å². The first kappa shape index (κ1) is 14.0. The van der Waals surface area contributed by atoms with Crippen LogP contribution in [0.25, 0.3) is 0 Å². The van der Waals surface area contributed by atoms with Crippen LogP contribution in [0.3, 0.4) is 0 Å². The number of hydrogen-bond donors (Lipinski definition) is 1. The molecular formula is C16H25NS. The van der Waals surface area contributed by atoms with Crippen LogP contribution < -0.4 is 5.32 Å². The van der Waals surface area contributed by atoms with E-state index in [1.54, 1.807) is 0 Å². The first-order chi connectivity index (χ1) is 8.58. The van der Waals surface area contributed by atoms with Crippen molar-refractivity contribution in [3.05, 3.63) is 34.4 Å². The molecule has 1 aromatic rings. The lowest BCUT2D eigenvalue weighted by atomic mass is 9.94. The van der Waals surface area contributed by atoms with Crippen LogP contribution in [-0.2, 0) is 0 Å². The molecule has 0 bridgehead atoms. The highest BCUT2D eigenvalue weighted by Crippen LogP contribution is 2.26. The molecule has 2 rings (SSSR count). The van der Waals surface area contributed by atoms with Gasteiger partial charge in [-0.15, -0.1) is 0 Å². The number of aryl methyl sites for hydroxylation is 3. The third-order valence-corrected chi connectivity index (χ3v) is 5.03. The zero-order valence-electron chi connectivity index (χ0n) is 12.0. The SMILES string of the molecule is Cc1cc(C)c(C(C)NC2CCCSC2)c(C)c1. The van der Waals surface area contributed by atoms with E-state index in [1.807, 2.05) is 0 Å². The fourth-order valence-corrected chi connectivity index (χ4v) is 4.27. The van der Waals surface area contributed by atoms with Gasteiger partial charge in [-0.25, -0.2) is 0 Å². The lowest BCUT2D eigenvalue weighted by Gasteiger charge is -2.28. The summed E-state index contributed by atoms with van der Waals surface area (Å²) < 4.78 is 0. The van der Waals surface area contributed by atoms with Crippen LogP contribution >= 0.6 is 11.8 Å². The fraction of sp³-hybridized carbons (Fsp3) is 0.625. The second-order valence-electron chi connectivity index (χ2n) is 5.61. The normalized spacial score (nSPS) is 21.9. The van der Waals surface area contributed by atoms with Gasteiger partial charge < -0.3 is 5.32 Å². The van der Waals surface area contributed by atoms with E-state index in [4.69, 9.17) is 0 Å². The van der Waals surface area contributed by atoms with Crippen molar-refractivity contribution >= 4 is 11.8 Å². The van der Waals surface area contributed by atoms with Crippen molar-refractivity contribution in [2.45, 2.75) is 52.6 Å². The van der Waals surface area contributed by atoms with Gasteiger partial charge in [0.25, 0.3) is 0 Å². The van der Waals surface area contributed by atoms with Crippen LogP contribution in [0.5, 0.6) is 0 Å². The van der Waals surface area contributed by atoms with E-state index in [2.05, 4.69) is 56.9 Å². The Morgan fingerprint density at radius 2 is 1.89 bits per heavy atom. The Bertz CT molecular complexity index is 385. The number of benzene rings is 1. The van der Waals surface area contributed by atoms with E-state index < -0.39 is 0 Å². The van der Waals surface area contributed by atoms with Crippen molar-refractivity contribution in [2.75, 3.05) is 11.5 Å². The van der Waals surface area contributed by atoms with Gasteiger partial charge in [0.05, 0.1) is 0 Å². The minimum atomic E-state index is 0.467. The Morgan fingerprint density at radius 3 is 2.44 bits per heavy atom. The predicted molar refractivity (Wildman–Crippen MR) is 82.6 cm³/mol. The second-order valence-corrected chi connectivity index (χ2v) is 6.76. The van der Waals surface area contributed by atoms with Crippen molar-refractivity contribution in [1.82, 2.24) is 5.32 Å². The molecule has 0 radical (unpaired) electrons. The third-order valence-electron chi connectivity index (χ3n) is 3.82. The zero-order chi connectivity index (χ0) is 13.1. The van der Waals surface area contributed by atoms with Crippen molar-refractivity contribution in [2.24, 2.45) is 0 Å². The van der Waals surface area contributed by atoms with Gasteiger partial charge in [0, 0.05) is 17.8 Å². The molecule has 1 N–H and O–H groups in total. The molecule has 0 aliphatic carbocycles. The van der Waals surface area contributed by atoms with Crippen LogP contribution in [0.4, 0.5) is 0 Å². The van der Waals surface area contributed by atoms with Gasteiger partial charge in [-0.05, 0) is 63.0 Å². The minimum Gasteiger partial charge on any atom is -0.307 e. The maximum atomic E-state index is 3.82. The molecule has 2 atom stereocenters. The first-order valence-electron chi connectivity index (χ1n) is 6.99. The molecule has 1 heterocycles. The average molecular weight is 263 g/mol. The standard InChI is InChI=1S/C16H25NS/c1-11-8-12(2)16(13(3)9-11)14(4)17-15-6-5-7-18-10-15/h8-9,14-15,17H,5-7,10H2,1-4H3. The molecule has 100 valence electrons. The maximum Gasteiger partial charge on any atom is 0.0299 e. The zero-order valence-corrected chi connectivity index (χ0v) is 12.9. The maximum absolute atomic E-state index is 3.82. The van der Waals surface area contributed by atoms with E-state index in [1.165, 1.54) is 46.6 Å². The van der Waals surface area contributed by atoms with E-state index in [9.17, 15) is 0 Å². The summed E-state index contributed by atoms with van der Waals surface area (Å²) in [6.45, 7) is 8.97. The number of rotatable bonds is 3. The number of hydrogen-bond acceptors (Lipinski definition) is 2. The second kappa shape index (κ2) is 6.12. The summed E-state index contributed by atoms with van der Waals surface area (Å²) in [5, 5.41) is 3.82. The summed E-state index contributed by atoms with van der Waals surface area (Å²) >= 11 is 2.09. The van der Waals surface area contributed by atoms with E-state index in [0.29, 0.717) is 12.1 Å². The summed E-state index contributed by atoms with van der Waals surface area (Å²) in [4.78, 5) is 0. The van der Waals surface area contributed by atoms with Crippen LogP contribution in [0.15, 0.2) is 12.1 Å². The molecule has 1 aliphatic heterocycles. The van der Waals surface area contributed by atoms with Crippen molar-refractivity contribution < 1.29 is 0 Å². The topological polar surface area (TPSA) is 12.0 Å². The highest BCUT2D eigenvalue weighted by Gasteiger charge is 2.18. The van der Waals surface area contributed by atoms with Gasteiger partial charge in [0.15, 0.2) is 0 Å². The predicted octanol–water partition coefficient (Wildman–Crippen LogP) is 4.16. The summed E-state index contributed by atoms with van der Waals surface area (Å²) in [6, 6.07) is 5.76. The smallest absolute Gasteiger partial charge is 0.0299 e. The van der Waals surface area contributed by atoms with Crippen molar-refractivity contribution in [3.8, 4) is 0 Å². The van der Waals surface area contributed by atoms with Crippen LogP contribution in [-0.4, -0.2) is 17.5 Å². The summed E-state index contributed by atoms with van der Waals surface area (Å²) in [5.74, 6) is 2.61. The van der Waals surface area contributed by atoms with Crippen LogP contribution in [0.1, 0.15) is 48.1 Å². The van der Waals surface area contributed by atoms with Gasteiger partial charge in [0.1, 0.15) is 0 Å². The monoisotopic (exact) mass is 263 g/mol. The van der Waals surface area contributed by atoms with Gasteiger partial charge in [-0.1, -0.05) is 17.7 Å². The fourth-order valence-electron chi connectivity index (χ4n) is 3.18. The highest BCUT2D eigenvalue weighted by molar-refractivity contribution is 7.99. The molecule has 0 saturated carbocycles. The Morgan fingerprint density at radius 1 is 1.22 bits per heavy atom. The quantitative estimate of drug-likeness (QED) is 0.879. The molecule has 18 heavy (non-hydrogen) atoms. The summed E-state index contributed by atoms with van der Waals surface area (Å²) in [7, 11) is 0. The Labute approximate surface area is 116 Å². The molecule has 1 nitrogen and oxygen atoms in total. The van der Waals surface area contributed by atoms with E-state index in [0.717, 1.165) is 0 Å². The Kier molecular flexibility index (Phi) is 4.74. The highest BCUT2D eigenvalue weighted by atomic mass is 32.2. The minimum absolute atomic E-state index is 0.467.